The summed E-state index contributed by atoms with van der Waals surface area (Å²) in [5.41, 5.74) is 0. The fourth-order valence-electron chi connectivity index (χ4n) is 2.45. The van der Waals surface area contributed by atoms with Crippen LogP contribution in [0.4, 0.5) is 0 Å². The highest BCUT2D eigenvalue weighted by atomic mass is 32.2. The zero-order valence-corrected chi connectivity index (χ0v) is 12.0. The van der Waals surface area contributed by atoms with Gasteiger partial charge in [0.25, 0.3) is 0 Å². The molecule has 0 saturated carbocycles. The maximum atomic E-state index is 3.78. The van der Waals surface area contributed by atoms with Crippen LogP contribution >= 0.6 is 11.8 Å². The molecule has 0 aromatic rings. The SMILES string of the molecule is CCCCCC(NCCC)C1CCCCS1. The molecule has 0 amide bonds. The molecular formula is C14H29NS. The molecule has 2 heteroatoms. The number of hydrogen-bond donors (Lipinski definition) is 1. The summed E-state index contributed by atoms with van der Waals surface area (Å²) in [6, 6.07) is 0.789. The minimum Gasteiger partial charge on any atom is -0.313 e. The van der Waals surface area contributed by atoms with Crippen LogP contribution in [0.2, 0.25) is 0 Å². The second kappa shape index (κ2) is 9.35. The van der Waals surface area contributed by atoms with E-state index < -0.39 is 0 Å². The van der Waals surface area contributed by atoms with E-state index in [4.69, 9.17) is 0 Å². The van der Waals surface area contributed by atoms with Gasteiger partial charge >= 0.3 is 0 Å². The average molecular weight is 243 g/mol. The molecule has 0 radical (unpaired) electrons. The minimum atomic E-state index is 0.789. The van der Waals surface area contributed by atoms with Gasteiger partial charge in [0.1, 0.15) is 0 Å². The lowest BCUT2D eigenvalue weighted by Gasteiger charge is -2.30. The quantitative estimate of drug-likeness (QED) is 0.641. The van der Waals surface area contributed by atoms with Gasteiger partial charge in [-0.15, -0.1) is 0 Å². The molecule has 16 heavy (non-hydrogen) atoms. The summed E-state index contributed by atoms with van der Waals surface area (Å²) >= 11 is 2.22. The molecule has 1 N–H and O–H groups in total. The molecule has 1 aliphatic heterocycles. The summed E-state index contributed by atoms with van der Waals surface area (Å²) in [5.74, 6) is 1.39. The van der Waals surface area contributed by atoms with Gasteiger partial charge in [0.15, 0.2) is 0 Å². The van der Waals surface area contributed by atoms with Crippen molar-refractivity contribution in [3.05, 3.63) is 0 Å². The third-order valence-electron chi connectivity index (χ3n) is 3.44. The zero-order chi connectivity index (χ0) is 11.6. The van der Waals surface area contributed by atoms with Crippen LogP contribution in [0.5, 0.6) is 0 Å². The molecule has 2 atom stereocenters. The molecule has 1 aliphatic rings. The predicted octanol–water partition coefficient (Wildman–Crippen LogP) is 4.22. The summed E-state index contributed by atoms with van der Waals surface area (Å²) in [7, 11) is 0. The molecule has 1 rings (SSSR count). The van der Waals surface area contributed by atoms with Gasteiger partial charge in [0.05, 0.1) is 0 Å². The molecule has 0 aromatic carbocycles. The van der Waals surface area contributed by atoms with Gasteiger partial charge in [0.2, 0.25) is 0 Å². The lowest BCUT2D eigenvalue weighted by molar-refractivity contribution is 0.424. The molecule has 96 valence electrons. The van der Waals surface area contributed by atoms with E-state index in [9.17, 15) is 0 Å². The Balaban J connectivity index is 2.28. The van der Waals surface area contributed by atoms with Crippen LogP contribution in [-0.4, -0.2) is 23.6 Å². The van der Waals surface area contributed by atoms with Crippen molar-refractivity contribution in [3.8, 4) is 0 Å². The first-order valence-corrected chi connectivity index (χ1v) is 8.28. The highest BCUT2D eigenvalue weighted by molar-refractivity contribution is 8.00. The lowest BCUT2D eigenvalue weighted by atomic mass is 10.0. The van der Waals surface area contributed by atoms with E-state index in [-0.39, 0.29) is 0 Å². The summed E-state index contributed by atoms with van der Waals surface area (Å²) < 4.78 is 0. The molecule has 1 nitrogen and oxygen atoms in total. The van der Waals surface area contributed by atoms with Crippen LogP contribution in [0.25, 0.3) is 0 Å². The largest absolute Gasteiger partial charge is 0.313 e. The third kappa shape index (κ3) is 5.58. The summed E-state index contributed by atoms with van der Waals surface area (Å²) in [6.07, 6.45) is 11.2. The molecule has 0 spiro atoms. The Bertz CT molecular complexity index is 155. The highest BCUT2D eigenvalue weighted by Gasteiger charge is 2.22. The van der Waals surface area contributed by atoms with Crippen molar-refractivity contribution in [3.63, 3.8) is 0 Å². The molecule has 2 unspecified atom stereocenters. The van der Waals surface area contributed by atoms with E-state index in [1.165, 1.54) is 63.7 Å². The van der Waals surface area contributed by atoms with Crippen LogP contribution in [0.15, 0.2) is 0 Å². The third-order valence-corrected chi connectivity index (χ3v) is 4.96. The van der Waals surface area contributed by atoms with Gasteiger partial charge in [-0.2, -0.15) is 11.8 Å². The summed E-state index contributed by atoms with van der Waals surface area (Å²) in [5, 5.41) is 4.68. The van der Waals surface area contributed by atoms with Crippen molar-refractivity contribution in [1.29, 1.82) is 0 Å². The second-order valence-corrected chi connectivity index (χ2v) is 6.31. The van der Waals surface area contributed by atoms with Crippen molar-refractivity contribution < 1.29 is 0 Å². The van der Waals surface area contributed by atoms with Crippen molar-refractivity contribution in [2.24, 2.45) is 0 Å². The molecule has 1 fully saturated rings. The van der Waals surface area contributed by atoms with Gasteiger partial charge in [-0.05, 0) is 38.0 Å². The van der Waals surface area contributed by atoms with E-state index in [0.29, 0.717) is 0 Å². The minimum absolute atomic E-state index is 0.789. The van der Waals surface area contributed by atoms with Gasteiger partial charge in [0, 0.05) is 11.3 Å². The van der Waals surface area contributed by atoms with Crippen molar-refractivity contribution in [1.82, 2.24) is 5.32 Å². The molecule has 1 saturated heterocycles. The molecule has 0 aromatic heterocycles. The molecule has 0 bridgehead atoms. The Morgan fingerprint density at radius 2 is 2.06 bits per heavy atom. The van der Waals surface area contributed by atoms with E-state index in [1.54, 1.807) is 0 Å². The van der Waals surface area contributed by atoms with E-state index in [1.807, 2.05) is 0 Å². The number of nitrogens with one attached hydrogen (secondary N) is 1. The van der Waals surface area contributed by atoms with Crippen molar-refractivity contribution in [2.75, 3.05) is 12.3 Å². The van der Waals surface area contributed by atoms with Crippen LogP contribution < -0.4 is 5.32 Å². The number of hydrogen-bond acceptors (Lipinski definition) is 2. The van der Waals surface area contributed by atoms with Gasteiger partial charge in [-0.1, -0.05) is 39.5 Å². The molecule has 1 heterocycles. The fourth-order valence-corrected chi connectivity index (χ4v) is 3.92. The summed E-state index contributed by atoms with van der Waals surface area (Å²) in [4.78, 5) is 0. The van der Waals surface area contributed by atoms with Crippen LogP contribution in [0.1, 0.15) is 65.2 Å². The fraction of sp³-hybridized carbons (Fsp3) is 1.00. The predicted molar refractivity (Wildman–Crippen MR) is 76.3 cm³/mol. The second-order valence-electron chi connectivity index (χ2n) is 4.96. The Morgan fingerprint density at radius 1 is 1.19 bits per heavy atom. The Kier molecular flexibility index (Phi) is 8.40. The van der Waals surface area contributed by atoms with E-state index >= 15 is 0 Å². The smallest absolute Gasteiger partial charge is 0.0201 e. The number of unbranched alkanes of at least 4 members (excludes halogenated alkanes) is 2. The zero-order valence-electron chi connectivity index (χ0n) is 11.1. The Morgan fingerprint density at radius 3 is 2.69 bits per heavy atom. The topological polar surface area (TPSA) is 12.0 Å². The summed E-state index contributed by atoms with van der Waals surface area (Å²) in [6.45, 7) is 5.77. The Hall–Kier alpha value is 0.310. The van der Waals surface area contributed by atoms with Crippen LogP contribution in [-0.2, 0) is 0 Å². The number of thioether (sulfide) groups is 1. The molecular weight excluding hydrogens is 214 g/mol. The van der Waals surface area contributed by atoms with E-state index in [0.717, 1.165) is 11.3 Å². The number of rotatable bonds is 8. The maximum absolute atomic E-state index is 3.78. The van der Waals surface area contributed by atoms with Crippen LogP contribution in [0.3, 0.4) is 0 Å². The average Bonchev–Trinajstić information content (AvgIpc) is 2.35. The first-order chi connectivity index (χ1) is 7.88. The standard InChI is InChI=1S/C14H29NS/c1-3-5-6-9-13(15-11-4-2)14-10-7-8-12-16-14/h13-15H,3-12H2,1-2H3. The lowest BCUT2D eigenvalue weighted by Crippen LogP contribution is -2.39. The molecule has 0 aliphatic carbocycles. The van der Waals surface area contributed by atoms with Gasteiger partial charge < -0.3 is 5.32 Å². The highest BCUT2D eigenvalue weighted by Crippen LogP contribution is 2.29. The van der Waals surface area contributed by atoms with E-state index in [2.05, 4.69) is 30.9 Å². The first kappa shape index (κ1) is 14.4. The monoisotopic (exact) mass is 243 g/mol. The van der Waals surface area contributed by atoms with Crippen LogP contribution in [0, 0.1) is 0 Å². The van der Waals surface area contributed by atoms with Gasteiger partial charge in [-0.25, -0.2) is 0 Å². The van der Waals surface area contributed by atoms with Gasteiger partial charge in [-0.3, -0.25) is 0 Å². The Labute approximate surface area is 106 Å². The normalized spacial score (nSPS) is 23.2. The maximum Gasteiger partial charge on any atom is 0.0201 e. The van der Waals surface area contributed by atoms with Crippen molar-refractivity contribution >= 4 is 11.8 Å². The van der Waals surface area contributed by atoms with Crippen molar-refractivity contribution in [2.45, 2.75) is 76.5 Å². The first-order valence-electron chi connectivity index (χ1n) is 7.23.